The molecule has 0 saturated heterocycles. The van der Waals surface area contributed by atoms with Crippen LogP contribution in [0.25, 0.3) is 22.3 Å². The Kier molecular flexibility index (Phi) is 13.8. The second-order valence-corrected chi connectivity index (χ2v) is 17.8. The third kappa shape index (κ3) is 11.5. The Balaban J connectivity index is 1.19. The van der Waals surface area contributed by atoms with Crippen molar-refractivity contribution in [1.82, 2.24) is 0 Å². The van der Waals surface area contributed by atoms with E-state index in [0.29, 0.717) is 46.7 Å². The number of anilines is 2. The molecule has 0 bridgehead atoms. The first-order valence-corrected chi connectivity index (χ1v) is 20.8. The molecule has 0 heterocycles. The molecule has 2 N–H and O–H groups in total. The molecule has 0 atom stereocenters. The fraction of sp³-hybridized carbons (Fsp3) is 0.269. The van der Waals surface area contributed by atoms with Crippen LogP contribution in [0.3, 0.4) is 0 Å². The molecule has 0 aromatic heterocycles. The molecule has 6 aromatic carbocycles. The number of nitrogens with zero attached hydrogens (tertiary/aromatic N) is 8. The van der Waals surface area contributed by atoms with Crippen LogP contribution in [0.1, 0.15) is 63.8 Å². The molecule has 0 amide bonds. The Morgan fingerprint density at radius 3 is 1.15 bits per heavy atom. The maximum atomic E-state index is 11.6. The number of hydrogen-bond acceptors (Lipinski definition) is 10. The van der Waals surface area contributed by atoms with E-state index in [1.165, 1.54) is 0 Å². The van der Waals surface area contributed by atoms with Crippen LogP contribution >= 0.6 is 0 Å². The van der Waals surface area contributed by atoms with E-state index in [4.69, 9.17) is 0 Å². The molecule has 6 aromatic rings. The lowest BCUT2D eigenvalue weighted by Gasteiger charge is -2.22. The first kappa shape index (κ1) is 44.6. The molecule has 0 aliphatic heterocycles. The maximum Gasteiger partial charge on any atom is 0.132 e. The van der Waals surface area contributed by atoms with Gasteiger partial charge in [0, 0.05) is 74.2 Å². The van der Waals surface area contributed by atoms with Crippen LogP contribution in [0.4, 0.5) is 34.1 Å². The van der Waals surface area contributed by atoms with Gasteiger partial charge in [-0.25, -0.2) is 0 Å². The summed E-state index contributed by atoms with van der Waals surface area (Å²) < 4.78 is 0. The smallest absolute Gasteiger partial charge is 0.132 e. The largest absolute Gasteiger partial charge is 0.507 e. The van der Waals surface area contributed by atoms with Crippen LogP contribution < -0.4 is 9.80 Å². The molecule has 10 heteroatoms. The van der Waals surface area contributed by atoms with Gasteiger partial charge in [0.2, 0.25) is 0 Å². The molecular weight excluding hydrogens is 769 g/mol. The van der Waals surface area contributed by atoms with Crippen molar-refractivity contribution < 1.29 is 10.2 Å². The van der Waals surface area contributed by atoms with Crippen molar-refractivity contribution in [2.24, 2.45) is 30.4 Å². The summed E-state index contributed by atoms with van der Waals surface area (Å²) in [6.45, 7) is 13.7. The van der Waals surface area contributed by atoms with Gasteiger partial charge >= 0.3 is 0 Å². The van der Waals surface area contributed by atoms with Crippen molar-refractivity contribution in [2.75, 3.05) is 51.1 Å². The Hall–Kier alpha value is -6.94. The third-order valence-electron chi connectivity index (χ3n) is 10.4. The minimum Gasteiger partial charge on any atom is -0.507 e. The summed E-state index contributed by atoms with van der Waals surface area (Å²) >= 11 is 0. The third-order valence-corrected chi connectivity index (χ3v) is 10.4. The summed E-state index contributed by atoms with van der Waals surface area (Å²) in [5.74, 6) is 0.276. The molecule has 0 saturated carbocycles. The second kappa shape index (κ2) is 19.2. The summed E-state index contributed by atoms with van der Waals surface area (Å²) in [6, 6.07) is 39.2. The lowest BCUT2D eigenvalue weighted by Crippen LogP contribution is -2.12. The monoisotopic (exact) mass is 826 g/mol. The van der Waals surface area contributed by atoms with E-state index in [1.807, 2.05) is 159 Å². The lowest BCUT2D eigenvalue weighted by molar-refractivity contribution is 0.474. The molecule has 0 fully saturated rings. The zero-order chi connectivity index (χ0) is 44.6. The maximum absolute atomic E-state index is 11.6. The standard InChI is InChI=1S/C52H58N8O2/c1-51(2,3)39-27-37(49(61)47(31-39)35-13-11-15-43(29-35)57-55-41-17-21-45(22-18-41)59(7)8)33-53-25-26-54-34-38-28-40(52(4,5)6)32-48(50(38)62)36-14-12-16-44(30-36)58-56-42-19-23-46(24-20-42)60(9)10/h11-24,27-34,61-62H,25-26H2,1-10H3. The van der Waals surface area contributed by atoms with Gasteiger partial charge in [-0.15, -0.1) is 0 Å². The number of phenols is 2. The summed E-state index contributed by atoms with van der Waals surface area (Å²) in [5.41, 5.74) is 11.1. The second-order valence-electron chi connectivity index (χ2n) is 17.8. The molecular formula is C52H58N8O2. The van der Waals surface area contributed by atoms with Gasteiger partial charge in [-0.3, -0.25) is 9.98 Å². The van der Waals surface area contributed by atoms with Gasteiger partial charge in [-0.2, -0.15) is 20.5 Å². The minimum atomic E-state index is -0.183. The normalized spacial score (nSPS) is 12.4. The predicted octanol–water partition coefficient (Wildman–Crippen LogP) is 13.5. The summed E-state index contributed by atoms with van der Waals surface area (Å²) in [7, 11) is 8.00. The topological polar surface area (TPSA) is 121 Å². The number of benzene rings is 6. The molecule has 0 aliphatic carbocycles. The van der Waals surface area contributed by atoms with Crippen molar-refractivity contribution >= 4 is 46.6 Å². The highest BCUT2D eigenvalue weighted by Gasteiger charge is 2.21. The van der Waals surface area contributed by atoms with Crippen molar-refractivity contribution in [1.29, 1.82) is 0 Å². The fourth-order valence-corrected chi connectivity index (χ4v) is 6.60. The lowest BCUT2D eigenvalue weighted by atomic mass is 9.83. The summed E-state index contributed by atoms with van der Waals surface area (Å²) in [6.07, 6.45) is 3.42. The van der Waals surface area contributed by atoms with E-state index in [2.05, 4.69) is 72.0 Å². The Labute approximate surface area is 366 Å². The number of azo groups is 2. The zero-order valence-corrected chi connectivity index (χ0v) is 37.6. The van der Waals surface area contributed by atoms with Gasteiger partial charge in [-0.1, -0.05) is 65.8 Å². The van der Waals surface area contributed by atoms with Crippen molar-refractivity contribution in [3.05, 3.63) is 144 Å². The summed E-state index contributed by atoms with van der Waals surface area (Å²) in [5, 5.41) is 41.1. The van der Waals surface area contributed by atoms with Gasteiger partial charge in [0.1, 0.15) is 11.5 Å². The van der Waals surface area contributed by atoms with Crippen LogP contribution in [0, 0.1) is 0 Å². The minimum absolute atomic E-state index is 0.138. The first-order chi connectivity index (χ1) is 29.5. The van der Waals surface area contributed by atoms with Crippen LogP contribution in [-0.2, 0) is 10.8 Å². The van der Waals surface area contributed by atoms with Crippen molar-refractivity contribution in [3.63, 3.8) is 0 Å². The van der Waals surface area contributed by atoms with Crippen molar-refractivity contribution in [3.8, 4) is 33.8 Å². The van der Waals surface area contributed by atoms with Crippen molar-refractivity contribution in [2.45, 2.75) is 52.4 Å². The van der Waals surface area contributed by atoms with Gasteiger partial charge in [0.15, 0.2) is 0 Å². The van der Waals surface area contributed by atoms with Crippen LogP contribution in [0.15, 0.2) is 152 Å². The fourth-order valence-electron chi connectivity index (χ4n) is 6.60. The molecule has 0 spiro atoms. The average Bonchev–Trinajstić information content (AvgIpc) is 3.24. The number of phenolic OH excluding ortho intramolecular Hbond substituents is 2. The highest BCUT2D eigenvalue weighted by Crippen LogP contribution is 2.40. The van der Waals surface area contributed by atoms with E-state index in [1.54, 1.807) is 12.4 Å². The quantitative estimate of drug-likeness (QED) is 0.0684. The Morgan fingerprint density at radius 1 is 0.452 bits per heavy atom. The van der Waals surface area contributed by atoms with E-state index < -0.39 is 0 Å². The van der Waals surface area contributed by atoms with Gasteiger partial charge < -0.3 is 20.0 Å². The molecule has 10 nitrogen and oxygen atoms in total. The number of aliphatic imine (C=N–C) groups is 2. The molecule has 0 aliphatic rings. The Morgan fingerprint density at radius 2 is 0.806 bits per heavy atom. The Bertz CT molecular complexity index is 2430. The molecule has 0 unspecified atom stereocenters. The predicted molar refractivity (Wildman–Crippen MR) is 259 cm³/mol. The first-order valence-electron chi connectivity index (χ1n) is 20.8. The van der Waals surface area contributed by atoms with E-state index in [0.717, 1.165) is 45.0 Å². The average molecular weight is 827 g/mol. The van der Waals surface area contributed by atoms with E-state index >= 15 is 0 Å². The molecule has 0 radical (unpaired) electrons. The van der Waals surface area contributed by atoms with Gasteiger partial charge in [0.25, 0.3) is 0 Å². The molecule has 6 rings (SSSR count). The number of rotatable bonds is 13. The highest BCUT2D eigenvalue weighted by atomic mass is 16.3. The number of aromatic hydroxyl groups is 2. The zero-order valence-electron chi connectivity index (χ0n) is 37.6. The van der Waals surface area contributed by atoms with E-state index in [9.17, 15) is 10.2 Å². The molecule has 318 valence electrons. The van der Waals surface area contributed by atoms with Gasteiger partial charge in [-0.05, 0) is 130 Å². The SMILES string of the molecule is CN(C)c1ccc(N=Nc2cccc(-c3cc(C(C)(C)C)cc(C=NCCN=Cc4cc(C(C)(C)C)cc(-c5cccc(N=Nc6ccc(N(C)C)cc6)c5)c4O)c3O)c2)cc1. The van der Waals surface area contributed by atoms with E-state index in [-0.39, 0.29) is 22.3 Å². The van der Waals surface area contributed by atoms with Crippen LogP contribution in [0.5, 0.6) is 11.5 Å². The summed E-state index contributed by atoms with van der Waals surface area (Å²) in [4.78, 5) is 13.4. The molecule has 62 heavy (non-hydrogen) atoms. The van der Waals surface area contributed by atoms with Crippen LogP contribution in [0.2, 0.25) is 0 Å². The van der Waals surface area contributed by atoms with Crippen LogP contribution in [-0.4, -0.2) is 63.9 Å². The van der Waals surface area contributed by atoms with Gasteiger partial charge in [0.05, 0.1) is 35.8 Å². The number of hydrogen-bond donors (Lipinski definition) is 2. The highest BCUT2D eigenvalue weighted by molar-refractivity contribution is 5.91.